The van der Waals surface area contributed by atoms with E-state index in [0.717, 1.165) is 25.8 Å². The van der Waals surface area contributed by atoms with E-state index < -0.39 is 5.54 Å². The van der Waals surface area contributed by atoms with Crippen molar-refractivity contribution in [2.45, 2.75) is 31.2 Å². The molecule has 0 aliphatic carbocycles. The Labute approximate surface area is 196 Å². The minimum Gasteiger partial charge on any atom is -0.499 e. The number of methoxy groups -OCH3 is 1. The lowest BCUT2D eigenvalue weighted by Gasteiger charge is -2.37. The fourth-order valence-corrected chi connectivity index (χ4v) is 4.21. The van der Waals surface area contributed by atoms with Crippen LogP contribution in [0.2, 0.25) is 0 Å². The van der Waals surface area contributed by atoms with Crippen molar-refractivity contribution in [3.8, 4) is 12.1 Å². The molecule has 3 rings (SSSR count). The zero-order valence-corrected chi connectivity index (χ0v) is 19.0. The first-order chi connectivity index (χ1) is 16.3. The first-order valence-electron chi connectivity index (χ1n) is 11.2. The van der Waals surface area contributed by atoms with Gasteiger partial charge < -0.3 is 4.74 Å². The van der Waals surface area contributed by atoms with Crippen LogP contribution in [-0.4, -0.2) is 13.7 Å². The lowest BCUT2D eigenvalue weighted by Crippen LogP contribution is -2.45. The number of ether oxygens (including phenoxy) is 1. The van der Waals surface area contributed by atoms with Gasteiger partial charge in [0, 0.05) is 6.42 Å². The van der Waals surface area contributed by atoms with Crippen molar-refractivity contribution < 1.29 is 4.74 Å². The van der Waals surface area contributed by atoms with Crippen LogP contribution < -0.4 is 5.32 Å². The summed E-state index contributed by atoms with van der Waals surface area (Å²) < 4.78 is 5.25. The van der Waals surface area contributed by atoms with Gasteiger partial charge >= 0.3 is 0 Å². The molecule has 0 heterocycles. The third kappa shape index (κ3) is 5.69. The summed E-state index contributed by atoms with van der Waals surface area (Å²) in [7, 11) is 1.51. The highest BCUT2D eigenvalue weighted by Crippen LogP contribution is 2.36. The number of hydrogen-bond donors (Lipinski definition) is 1. The first kappa shape index (κ1) is 23.8. The van der Waals surface area contributed by atoms with Crippen LogP contribution in [0.3, 0.4) is 0 Å². The van der Waals surface area contributed by atoms with E-state index in [9.17, 15) is 0 Å². The topological polar surface area (TPSA) is 68.8 Å². The van der Waals surface area contributed by atoms with E-state index in [-0.39, 0.29) is 5.57 Å². The molecule has 0 saturated carbocycles. The van der Waals surface area contributed by atoms with E-state index in [1.165, 1.54) is 23.8 Å². The van der Waals surface area contributed by atoms with Crippen LogP contribution >= 0.6 is 0 Å². The number of nitrogens with zero attached hydrogens (tertiary/aromatic N) is 2. The molecule has 0 unspecified atom stereocenters. The molecule has 0 fully saturated rings. The molecule has 4 heteroatoms. The van der Waals surface area contributed by atoms with Crippen molar-refractivity contribution in [3.05, 3.63) is 119 Å². The van der Waals surface area contributed by atoms with Crippen molar-refractivity contribution in [3.63, 3.8) is 0 Å². The molecule has 0 aliphatic rings. The summed E-state index contributed by atoms with van der Waals surface area (Å²) in [5.41, 5.74) is 3.18. The van der Waals surface area contributed by atoms with E-state index in [4.69, 9.17) is 15.3 Å². The lowest BCUT2D eigenvalue weighted by molar-refractivity contribution is 0.272. The van der Waals surface area contributed by atoms with Gasteiger partial charge in [0.05, 0.1) is 12.6 Å². The molecule has 4 nitrogen and oxygen atoms in total. The van der Waals surface area contributed by atoms with E-state index in [2.05, 4.69) is 78.1 Å². The Kier molecular flexibility index (Phi) is 8.83. The molecule has 0 saturated heterocycles. The third-order valence-electron chi connectivity index (χ3n) is 5.84. The van der Waals surface area contributed by atoms with Gasteiger partial charge in [-0.15, -0.1) is 0 Å². The second-order valence-electron chi connectivity index (χ2n) is 7.81. The van der Waals surface area contributed by atoms with Crippen molar-refractivity contribution >= 4 is 0 Å². The molecule has 0 aromatic heterocycles. The van der Waals surface area contributed by atoms with Crippen molar-refractivity contribution in [1.82, 2.24) is 5.32 Å². The van der Waals surface area contributed by atoms with E-state index in [1.54, 1.807) is 0 Å². The van der Waals surface area contributed by atoms with Crippen LogP contribution in [0, 0.1) is 22.7 Å². The summed E-state index contributed by atoms with van der Waals surface area (Å²) in [5, 5.41) is 22.0. The lowest BCUT2D eigenvalue weighted by atomic mass is 9.77. The van der Waals surface area contributed by atoms with Crippen LogP contribution in [0.4, 0.5) is 0 Å². The fourth-order valence-electron chi connectivity index (χ4n) is 4.21. The molecule has 0 amide bonds. The number of benzene rings is 3. The average molecular weight is 436 g/mol. The molecule has 0 aliphatic heterocycles. The number of nitrogens with one attached hydrogen (secondary N) is 1. The monoisotopic (exact) mass is 435 g/mol. The Morgan fingerprint density at radius 3 is 1.58 bits per heavy atom. The van der Waals surface area contributed by atoms with Crippen LogP contribution in [-0.2, 0) is 10.3 Å². The maximum atomic E-state index is 9.06. The third-order valence-corrected chi connectivity index (χ3v) is 5.84. The minimum atomic E-state index is -0.462. The van der Waals surface area contributed by atoms with Gasteiger partial charge in [-0.2, -0.15) is 10.5 Å². The molecule has 1 N–H and O–H groups in total. The summed E-state index contributed by atoms with van der Waals surface area (Å²) in [6, 6.07) is 35.5. The molecule has 0 spiro atoms. The number of nitriles is 2. The van der Waals surface area contributed by atoms with Gasteiger partial charge in [0.15, 0.2) is 5.57 Å². The molecule has 33 heavy (non-hydrogen) atoms. The first-order valence-corrected chi connectivity index (χ1v) is 11.2. The SMILES string of the molecule is COC(CCCCCNC(c1ccccc1)(c1ccccc1)c1ccccc1)=C(C#N)C#N. The fraction of sp³-hybridized carbons (Fsp3) is 0.241. The van der Waals surface area contributed by atoms with Crippen molar-refractivity contribution in [2.24, 2.45) is 0 Å². The highest BCUT2D eigenvalue weighted by atomic mass is 16.5. The van der Waals surface area contributed by atoms with Crippen LogP contribution in [0.15, 0.2) is 102 Å². The van der Waals surface area contributed by atoms with E-state index in [0.29, 0.717) is 12.2 Å². The molecule has 3 aromatic rings. The molecule has 166 valence electrons. The predicted octanol–water partition coefficient (Wildman–Crippen LogP) is 6.08. The largest absolute Gasteiger partial charge is 0.499 e. The second-order valence-corrected chi connectivity index (χ2v) is 7.81. The Morgan fingerprint density at radius 1 is 0.727 bits per heavy atom. The summed E-state index contributed by atoms with van der Waals surface area (Å²) in [6.45, 7) is 0.814. The van der Waals surface area contributed by atoms with Crippen LogP contribution in [0.1, 0.15) is 42.4 Å². The summed E-state index contributed by atoms with van der Waals surface area (Å²) in [4.78, 5) is 0. The zero-order chi connectivity index (χ0) is 23.4. The van der Waals surface area contributed by atoms with Crippen LogP contribution in [0.25, 0.3) is 0 Å². The van der Waals surface area contributed by atoms with E-state index >= 15 is 0 Å². The molecule has 0 bridgehead atoms. The summed E-state index contributed by atoms with van der Waals surface area (Å²) in [5.74, 6) is 0.472. The molecule has 0 atom stereocenters. The number of allylic oxidation sites excluding steroid dienone is 2. The van der Waals surface area contributed by atoms with Gasteiger partial charge in [-0.1, -0.05) is 97.4 Å². The van der Waals surface area contributed by atoms with Gasteiger partial charge in [0.1, 0.15) is 17.9 Å². The second kappa shape index (κ2) is 12.2. The van der Waals surface area contributed by atoms with Gasteiger partial charge in [-0.3, -0.25) is 5.32 Å². The van der Waals surface area contributed by atoms with Crippen LogP contribution in [0.5, 0.6) is 0 Å². The smallest absolute Gasteiger partial charge is 0.167 e. The van der Waals surface area contributed by atoms with Crippen molar-refractivity contribution in [2.75, 3.05) is 13.7 Å². The molecule has 0 radical (unpaired) electrons. The van der Waals surface area contributed by atoms with Gasteiger partial charge in [0.25, 0.3) is 0 Å². The number of rotatable bonds is 11. The highest BCUT2D eigenvalue weighted by Gasteiger charge is 2.35. The van der Waals surface area contributed by atoms with Crippen molar-refractivity contribution in [1.29, 1.82) is 10.5 Å². The average Bonchev–Trinajstić information content (AvgIpc) is 2.89. The Hall–Kier alpha value is -3.86. The van der Waals surface area contributed by atoms with Gasteiger partial charge in [0.2, 0.25) is 0 Å². The van der Waals surface area contributed by atoms with E-state index in [1.807, 2.05) is 30.3 Å². The number of hydrogen-bond acceptors (Lipinski definition) is 4. The quantitative estimate of drug-likeness (QED) is 0.172. The summed E-state index contributed by atoms with van der Waals surface area (Å²) in [6.07, 6.45) is 3.36. The normalized spacial score (nSPS) is 10.6. The number of unbranched alkanes of at least 4 members (excludes halogenated alkanes) is 2. The standard InChI is InChI=1S/C29H29N3O/c1-33-28(24(22-30)23-31)20-12-5-13-21-32-29(25-14-6-2-7-15-25,26-16-8-3-9-17-26)27-18-10-4-11-19-27/h2-4,6-11,14-19,32H,5,12-13,20-21H2,1H3. The molecular weight excluding hydrogens is 406 g/mol. The van der Waals surface area contributed by atoms with Gasteiger partial charge in [-0.25, -0.2) is 0 Å². The maximum absolute atomic E-state index is 9.06. The maximum Gasteiger partial charge on any atom is 0.167 e. The molecular formula is C29H29N3O. The minimum absolute atomic E-state index is 0.0619. The summed E-state index contributed by atoms with van der Waals surface area (Å²) >= 11 is 0. The predicted molar refractivity (Wildman–Crippen MR) is 131 cm³/mol. The highest BCUT2D eigenvalue weighted by molar-refractivity contribution is 5.49. The zero-order valence-electron chi connectivity index (χ0n) is 19.0. The molecule has 3 aromatic carbocycles. The Balaban J connectivity index is 1.80. The van der Waals surface area contributed by atoms with Gasteiger partial charge in [-0.05, 0) is 36.1 Å². The Morgan fingerprint density at radius 2 is 1.18 bits per heavy atom. The Bertz CT molecular complexity index is 998.